The first-order valence-corrected chi connectivity index (χ1v) is 5.03. The number of rotatable bonds is 0. The van der Waals surface area contributed by atoms with Crippen LogP contribution < -0.4 is 4.74 Å². The topological polar surface area (TPSA) is 29.5 Å². The summed E-state index contributed by atoms with van der Waals surface area (Å²) in [5, 5.41) is 9.72. The van der Waals surface area contributed by atoms with E-state index in [1.54, 1.807) is 0 Å². The third kappa shape index (κ3) is 1.05. The summed E-state index contributed by atoms with van der Waals surface area (Å²) in [5.41, 5.74) is 1.57. The Balaban J connectivity index is 2.34. The molecule has 4 heteroatoms. The molecule has 0 radical (unpaired) electrons. The van der Waals surface area contributed by atoms with Crippen LogP contribution in [0.5, 0.6) is 5.75 Å². The first kappa shape index (κ1) is 9.09. The Labute approximate surface area is 85.5 Å². The molecule has 15 heavy (non-hydrogen) atoms. The highest BCUT2D eigenvalue weighted by molar-refractivity contribution is 5.52. The zero-order valence-electron chi connectivity index (χ0n) is 8.02. The second-order valence-electron chi connectivity index (χ2n) is 3.98. The maximum absolute atomic E-state index is 13.6. The molecule has 1 atom stereocenters. The van der Waals surface area contributed by atoms with Crippen molar-refractivity contribution in [3.8, 4) is 5.75 Å². The summed E-state index contributed by atoms with van der Waals surface area (Å²) < 4.78 is 32.1. The van der Waals surface area contributed by atoms with Crippen LogP contribution in [0.3, 0.4) is 0 Å². The Morgan fingerprint density at radius 2 is 1.93 bits per heavy atom. The van der Waals surface area contributed by atoms with Gasteiger partial charge in [0.25, 0.3) is 0 Å². The van der Waals surface area contributed by atoms with Crippen LogP contribution in [-0.2, 0) is 12.8 Å². The Bertz CT molecular complexity index is 443. The van der Waals surface area contributed by atoms with Gasteiger partial charge in [-0.25, -0.2) is 4.39 Å². The van der Waals surface area contributed by atoms with Gasteiger partial charge in [0.15, 0.2) is 11.6 Å². The van der Waals surface area contributed by atoms with Gasteiger partial charge in [0.1, 0.15) is 0 Å². The van der Waals surface area contributed by atoms with Gasteiger partial charge < -0.3 is 9.84 Å². The molecule has 1 unspecified atom stereocenters. The van der Waals surface area contributed by atoms with Crippen LogP contribution in [-0.4, -0.2) is 11.7 Å². The number of aliphatic hydroxyl groups is 1. The van der Waals surface area contributed by atoms with E-state index in [0.717, 1.165) is 0 Å². The second kappa shape index (κ2) is 2.92. The fourth-order valence-corrected chi connectivity index (χ4v) is 2.51. The summed E-state index contributed by atoms with van der Waals surface area (Å²) in [5.74, 6) is -1.73. The number of halogens is 2. The molecular weight excluding hydrogens is 202 g/mol. The van der Waals surface area contributed by atoms with Crippen LogP contribution in [0, 0.1) is 11.6 Å². The third-order valence-corrected chi connectivity index (χ3v) is 3.18. The van der Waals surface area contributed by atoms with Crippen molar-refractivity contribution < 1.29 is 18.6 Å². The molecule has 0 spiro atoms. The van der Waals surface area contributed by atoms with Gasteiger partial charge in [0.05, 0.1) is 12.7 Å². The number of benzene rings is 1. The van der Waals surface area contributed by atoms with Gasteiger partial charge in [-0.2, -0.15) is 4.39 Å². The molecular formula is C11H10F2O2. The summed E-state index contributed by atoms with van der Waals surface area (Å²) in [4.78, 5) is 0. The SMILES string of the molecule is OC1CCc2c(F)c(F)c3c(c21)CCO3. The van der Waals surface area contributed by atoms with E-state index >= 15 is 0 Å². The zero-order valence-corrected chi connectivity index (χ0v) is 8.02. The summed E-state index contributed by atoms with van der Waals surface area (Å²) in [6.45, 7) is 0.370. The number of fused-ring (bicyclic) bond motifs is 3. The molecule has 0 saturated carbocycles. The largest absolute Gasteiger partial charge is 0.490 e. The smallest absolute Gasteiger partial charge is 0.201 e. The van der Waals surface area contributed by atoms with Gasteiger partial charge in [-0.3, -0.25) is 0 Å². The van der Waals surface area contributed by atoms with Crippen LogP contribution >= 0.6 is 0 Å². The highest BCUT2D eigenvalue weighted by Crippen LogP contribution is 2.43. The molecule has 2 nitrogen and oxygen atoms in total. The molecule has 1 N–H and O–H groups in total. The minimum atomic E-state index is -0.893. The molecule has 3 rings (SSSR count). The lowest BCUT2D eigenvalue weighted by atomic mass is 9.99. The number of hydrogen-bond donors (Lipinski definition) is 1. The van der Waals surface area contributed by atoms with Crippen LogP contribution in [0.1, 0.15) is 29.2 Å². The van der Waals surface area contributed by atoms with Crippen molar-refractivity contribution in [3.05, 3.63) is 28.3 Å². The average molecular weight is 212 g/mol. The number of hydrogen-bond acceptors (Lipinski definition) is 2. The lowest BCUT2D eigenvalue weighted by molar-refractivity contribution is 0.179. The average Bonchev–Trinajstić information content (AvgIpc) is 2.80. The fraction of sp³-hybridized carbons (Fsp3) is 0.455. The Morgan fingerprint density at radius 3 is 2.73 bits per heavy atom. The minimum absolute atomic E-state index is 0.00667. The van der Waals surface area contributed by atoms with Gasteiger partial charge >= 0.3 is 0 Å². The second-order valence-corrected chi connectivity index (χ2v) is 3.98. The molecule has 0 amide bonds. The van der Waals surface area contributed by atoms with Crippen LogP contribution in [0.4, 0.5) is 8.78 Å². The van der Waals surface area contributed by atoms with E-state index in [1.165, 1.54) is 0 Å². The molecule has 0 saturated heterocycles. The quantitative estimate of drug-likeness (QED) is 0.711. The molecule has 2 aliphatic rings. The normalized spacial score (nSPS) is 22.5. The van der Waals surface area contributed by atoms with E-state index in [0.29, 0.717) is 42.6 Å². The lowest BCUT2D eigenvalue weighted by Crippen LogP contribution is -2.01. The zero-order chi connectivity index (χ0) is 10.6. The highest BCUT2D eigenvalue weighted by atomic mass is 19.2. The monoisotopic (exact) mass is 212 g/mol. The fourth-order valence-electron chi connectivity index (χ4n) is 2.51. The van der Waals surface area contributed by atoms with E-state index in [1.807, 2.05) is 0 Å². The van der Waals surface area contributed by atoms with Gasteiger partial charge in [0, 0.05) is 12.0 Å². The van der Waals surface area contributed by atoms with E-state index in [4.69, 9.17) is 4.74 Å². The number of aliphatic hydroxyl groups excluding tert-OH is 1. The van der Waals surface area contributed by atoms with Gasteiger partial charge in [0.2, 0.25) is 5.82 Å². The van der Waals surface area contributed by atoms with Crippen LogP contribution in [0.15, 0.2) is 0 Å². The van der Waals surface area contributed by atoms with E-state index in [-0.39, 0.29) is 5.75 Å². The van der Waals surface area contributed by atoms with Crippen molar-refractivity contribution in [1.82, 2.24) is 0 Å². The molecule has 0 bridgehead atoms. The van der Waals surface area contributed by atoms with Crippen molar-refractivity contribution in [3.63, 3.8) is 0 Å². The van der Waals surface area contributed by atoms with Gasteiger partial charge in [-0.1, -0.05) is 0 Å². The van der Waals surface area contributed by atoms with E-state index in [9.17, 15) is 13.9 Å². The third-order valence-electron chi connectivity index (χ3n) is 3.18. The first-order valence-electron chi connectivity index (χ1n) is 5.03. The molecule has 1 aromatic rings. The summed E-state index contributed by atoms with van der Waals surface area (Å²) >= 11 is 0. The molecule has 1 heterocycles. The summed E-state index contributed by atoms with van der Waals surface area (Å²) in [7, 11) is 0. The molecule has 80 valence electrons. The Kier molecular flexibility index (Phi) is 1.77. The highest BCUT2D eigenvalue weighted by Gasteiger charge is 2.34. The Hall–Kier alpha value is -1.16. The van der Waals surface area contributed by atoms with Crippen molar-refractivity contribution >= 4 is 0 Å². The van der Waals surface area contributed by atoms with Crippen molar-refractivity contribution in [1.29, 1.82) is 0 Å². The molecule has 1 aliphatic carbocycles. The maximum Gasteiger partial charge on any atom is 0.201 e. The minimum Gasteiger partial charge on any atom is -0.490 e. The van der Waals surface area contributed by atoms with Crippen LogP contribution in [0.2, 0.25) is 0 Å². The van der Waals surface area contributed by atoms with Crippen molar-refractivity contribution in [2.24, 2.45) is 0 Å². The molecule has 1 aliphatic heterocycles. The Morgan fingerprint density at radius 1 is 1.13 bits per heavy atom. The van der Waals surface area contributed by atoms with Gasteiger partial charge in [-0.05, 0) is 24.0 Å². The predicted molar refractivity (Wildman–Crippen MR) is 48.8 cm³/mol. The molecule has 1 aromatic carbocycles. The van der Waals surface area contributed by atoms with E-state index in [2.05, 4.69) is 0 Å². The summed E-state index contributed by atoms with van der Waals surface area (Å²) in [6.07, 6.45) is 0.784. The first-order chi connectivity index (χ1) is 7.20. The van der Waals surface area contributed by atoms with Crippen LogP contribution in [0.25, 0.3) is 0 Å². The van der Waals surface area contributed by atoms with E-state index < -0.39 is 17.7 Å². The van der Waals surface area contributed by atoms with Gasteiger partial charge in [-0.15, -0.1) is 0 Å². The maximum atomic E-state index is 13.6. The molecule has 0 aromatic heterocycles. The predicted octanol–water partition coefficient (Wildman–Crippen LogP) is 1.88. The molecule has 0 fully saturated rings. The standard InChI is InChI=1S/C11H10F2O2/c12-9-5-1-2-7(14)8(5)6-3-4-15-11(6)10(9)13/h7,14H,1-4H2. The lowest BCUT2D eigenvalue weighted by Gasteiger charge is -2.11. The number of ether oxygens (including phenoxy) is 1. The van der Waals surface area contributed by atoms with Crippen molar-refractivity contribution in [2.75, 3.05) is 6.61 Å². The van der Waals surface area contributed by atoms with Crippen molar-refractivity contribution in [2.45, 2.75) is 25.4 Å². The summed E-state index contributed by atoms with van der Waals surface area (Å²) in [6, 6.07) is 0.